The van der Waals surface area contributed by atoms with E-state index in [1.807, 2.05) is 30.3 Å². The molecule has 2 N–H and O–H groups in total. The first-order valence-electron chi connectivity index (χ1n) is 5.76. The number of hydrogen-bond acceptors (Lipinski definition) is 5. The average molecular weight is 269 g/mol. The molecule has 1 aromatic heterocycles. The van der Waals surface area contributed by atoms with Crippen LogP contribution in [-0.4, -0.2) is 15.7 Å². The summed E-state index contributed by atoms with van der Waals surface area (Å²) in [4.78, 5) is 0. The molecule has 0 unspecified atom stereocenters. The Morgan fingerprint density at radius 1 is 1.11 bits per heavy atom. The van der Waals surface area contributed by atoms with E-state index < -0.39 is 0 Å². The van der Waals surface area contributed by atoms with Crippen LogP contribution in [0.25, 0.3) is 10.1 Å². The van der Waals surface area contributed by atoms with E-state index in [2.05, 4.69) is 14.9 Å². The second-order valence-corrected chi connectivity index (χ2v) is 4.76. The van der Waals surface area contributed by atoms with Gasteiger partial charge in [0.2, 0.25) is 0 Å². The highest BCUT2D eigenvalue weighted by Crippen LogP contribution is 2.26. The number of aromatic nitrogens is 1. The third-order valence-electron chi connectivity index (χ3n) is 2.69. The van der Waals surface area contributed by atoms with Crippen molar-refractivity contribution in [2.24, 2.45) is 5.10 Å². The summed E-state index contributed by atoms with van der Waals surface area (Å²) in [5.41, 5.74) is 3.56. The number of hydrogen-bond donors (Lipinski definition) is 2. The minimum Gasteiger partial charge on any atom is -0.507 e. The molecular weight excluding hydrogens is 258 g/mol. The Morgan fingerprint density at radius 3 is 2.79 bits per heavy atom. The number of para-hydroxylation sites is 1. The molecule has 0 spiro atoms. The fourth-order valence-electron chi connectivity index (χ4n) is 1.73. The van der Waals surface area contributed by atoms with Crippen LogP contribution in [0.4, 0.5) is 5.82 Å². The number of aromatic hydroxyl groups is 1. The first-order chi connectivity index (χ1) is 9.34. The SMILES string of the molecule is Oc1ccccc1/C=N/Nc1nsc2ccccc12. The molecule has 0 saturated carbocycles. The van der Waals surface area contributed by atoms with Gasteiger partial charge in [-0.05, 0) is 35.8 Å². The standard InChI is InChI=1S/C14H11N3OS/c18-12-7-3-1-5-10(12)9-15-16-14-11-6-2-4-8-13(11)19-17-14/h1-9,18H,(H,16,17)/b15-9+. The monoisotopic (exact) mass is 269 g/mol. The molecule has 0 atom stereocenters. The summed E-state index contributed by atoms with van der Waals surface area (Å²) in [6, 6.07) is 15.0. The third-order valence-corrected chi connectivity index (χ3v) is 3.51. The zero-order chi connectivity index (χ0) is 13.1. The van der Waals surface area contributed by atoms with Gasteiger partial charge in [-0.2, -0.15) is 9.47 Å². The Morgan fingerprint density at radius 2 is 1.89 bits per heavy atom. The van der Waals surface area contributed by atoms with Crippen LogP contribution in [0.3, 0.4) is 0 Å². The highest BCUT2D eigenvalue weighted by molar-refractivity contribution is 7.13. The summed E-state index contributed by atoms with van der Waals surface area (Å²) in [6.07, 6.45) is 1.57. The van der Waals surface area contributed by atoms with Gasteiger partial charge in [-0.25, -0.2) is 0 Å². The molecule has 94 valence electrons. The summed E-state index contributed by atoms with van der Waals surface area (Å²) >= 11 is 1.43. The first kappa shape index (κ1) is 11.7. The molecule has 4 nitrogen and oxygen atoms in total. The van der Waals surface area contributed by atoms with E-state index in [-0.39, 0.29) is 5.75 Å². The third kappa shape index (κ3) is 2.41. The van der Waals surface area contributed by atoms with Crippen LogP contribution < -0.4 is 5.43 Å². The van der Waals surface area contributed by atoms with E-state index >= 15 is 0 Å². The maximum absolute atomic E-state index is 9.61. The van der Waals surface area contributed by atoms with Crippen LogP contribution in [0.1, 0.15) is 5.56 Å². The molecular formula is C14H11N3OS. The van der Waals surface area contributed by atoms with Gasteiger partial charge in [0.05, 0.1) is 10.9 Å². The van der Waals surface area contributed by atoms with Crippen molar-refractivity contribution in [2.75, 3.05) is 5.43 Å². The number of anilines is 1. The van der Waals surface area contributed by atoms with E-state index in [4.69, 9.17) is 0 Å². The fourth-order valence-corrected chi connectivity index (χ4v) is 2.46. The van der Waals surface area contributed by atoms with Gasteiger partial charge in [0.1, 0.15) is 5.75 Å². The van der Waals surface area contributed by atoms with Crippen molar-refractivity contribution in [3.8, 4) is 5.75 Å². The molecule has 0 bridgehead atoms. The maximum Gasteiger partial charge on any atom is 0.167 e. The molecule has 0 amide bonds. The van der Waals surface area contributed by atoms with Gasteiger partial charge in [0, 0.05) is 10.9 Å². The predicted molar refractivity (Wildman–Crippen MR) is 78.9 cm³/mol. The van der Waals surface area contributed by atoms with Crippen LogP contribution in [0.5, 0.6) is 5.75 Å². The molecule has 2 aromatic carbocycles. The lowest BCUT2D eigenvalue weighted by atomic mass is 10.2. The molecule has 3 aromatic rings. The van der Waals surface area contributed by atoms with Crippen LogP contribution in [-0.2, 0) is 0 Å². The number of nitrogens with zero attached hydrogens (tertiary/aromatic N) is 2. The maximum atomic E-state index is 9.61. The minimum absolute atomic E-state index is 0.205. The molecule has 3 rings (SSSR count). The highest BCUT2D eigenvalue weighted by Gasteiger charge is 2.03. The van der Waals surface area contributed by atoms with Crippen molar-refractivity contribution >= 4 is 33.7 Å². The van der Waals surface area contributed by atoms with Crippen molar-refractivity contribution in [3.05, 3.63) is 54.1 Å². The second kappa shape index (κ2) is 5.07. The molecule has 19 heavy (non-hydrogen) atoms. The highest BCUT2D eigenvalue weighted by atomic mass is 32.1. The van der Waals surface area contributed by atoms with E-state index in [0.717, 1.165) is 15.9 Å². The van der Waals surface area contributed by atoms with Gasteiger partial charge >= 0.3 is 0 Å². The number of benzene rings is 2. The summed E-state index contributed by atoms with van der Waals surface area (Å²) in [5.74, 6) is 0.934. The van der Waals surface area contributed by atoms with E-state index in [0.29, 0.717) is 5.56 Å². The Hall–Kier alpha value is -2.40. The van der Waals surface area contributed by atoms with Crippen LogP contribution in [0, 0.1) is 0 Å². The van der Waals surface area contributed by atoms with E-state index in [1.165, 1.54) is 11.5 Å². The molecule has 0 fully saturated rings. The summed E-state index contributed by atoms with van der Waals surface area (Å²) in [5, 5.41) is 14.8. The first-order valence-corrected chi connectivity index (χ1v) is 6.53. The predicted octanol–water partition coefficient (Wildman–Crippen LogP) is 3.45. The summed E-state index contributed by atoms with van der Waals surface area (Å²) in [7, 11) is 0. The smallest absolute Gasteiger partial charge is 0.167 e. The number of phenolic OH excluding ortho intramolecular Hbond substituents is 1. The number of hydrazone groups is 1. The lowest BCUT2D eigenvalue weighted by Gasteiger charge is -1.98. The largest absolute Gasteiger partial charge is 0.507 e. The Bertz CT molecular complexity index is 736. The molecule has 1 heterocycles. The van der Waals surface area contributed by atoms with Crippen LogP contribution in [0.15, 0.2) is 53.6 Å². The fraction of sp³-hybridized carbons (Fsp3) is 0. The lowest BCUT2D eigenvalue weighted by Crippen LogP contribution is -1.91. The van der Waals surface area contributed by atoms with Crippen molar-refractivity contribution in [1.82, 2.24) is 4.37 Å². The average Bonchev–Trinajstić information content (AvgIpc) is 2.85. The van der Waals surface area contributed by atoms with Crippen molar-refractivity contribution in [1.29, 1.82) is 0 Å². The van der Waals surface area contributed by atoms with Gasteiger partial charge < -0.3 is 5.11 Å². The number of rotatable bonds is 3. The topological polar surface area (TPSA) is 57.5 Å². The molecule has 0 aliphatic rings. The molecule has 0 radical (unpaired) electrons. The number of nitrogens with one attached hydrogen (secondary N) is 1. The molecule has 0 aliphatic carbocycles. The van der Waals surface area contributed by atoms with E-state index in [9.17, 15) is 5.11 Å². The minimum atomic E-state index is 0.205. The van der Waals surface area contributed by atoms with Crippen molar-refractivity contribution in [2.45, 2.75) is 0 Å². The summed E-state index contributed by atoms with van der Waals surface area (Å²) < 4.78 is 5.42. The number of phenols is 1. The zero-order valence-electron chi connectivity index (χ0n) is 9.95. The normalized spacial score (nSPS) is 11.2. The molecule has 5 heteroatoms. The molecule has 0 saturated heterocycles. The van der Waals surface area contributed by atoms with Gasteiger partial charge in [-0.3, -0.25) is 5.43 Å². The van der Waals surface area contributed by atoms with Crippen molar-refractivity contribution < 1.29 is 5.11 Å². The van der Waals surface area contributed by atoms with Gasteiger partial charge in [-0.15, -0.1) is 0 Å². The Balaban J connectivity index is 1.81. The number of fused-ring (bicyclic) bond motifs is 1. The van der Waals surface area contributed by atoms with E-state index in [1.54, 1.807) is 24.4 Å². The Kier molecular flexibility index (Phi) is 3.12. The van der Waals surface area contributed by atoms with Crippen molar-refractivity contribution in [3.63, 3.8) is 0 Å². The van der Waals surface area contributed by atoms with Crippen LogP contribution in [0.2, 0.25) is 0 Å². The zero-order valence-corrected chi connectivity index (χ0v) is 10.8. The quantitative estimate of drug-likeness (QED) is 0.565. The summed E-state index contributed by atoms with van der Waals surface area (Å²) in [6.45, 7) is 0. The van der Waals surface area contributed by atoms with Crippen LogP contribution >= 0.6 is 11.5 Å². The second-order valence-electron chi connectivity index (χ2n) is 3.96. The Labute approximate surface area is 114 Å². The lowest BCUT2D eigenvalue weighted by molar-refractivity contribution is 0.474. The van der Waals surface area contributed by atoms with Gasteiger partial charge in [0.25, 0.3) is 0 Å². The van der Waals surface area contributed by atoms with Gasteiger partial charge in [0.15, 0.2) is 5.82 Å². The van der Waals surface area contributed by atoms with Gasteiger partial charge in [-0.1, -0.05) is 24.3 Å². The molecule has 0 aliphatic heterocycles.